The Kier molecular flexibility index (Phi) is 6.41. The number of rotatable bonds is 7. The molecule has 30 heavy (non-hydrogen) atoms. The van der Waals surface area contributed by atoms with Crippen LogP contribution in [0.5, 0.6) is 0 Å². The molecule has 0 bridgehead atoms. The number of Topliss-reactive ketones (excluding diaryl/α,β-unsaturated/α-hetero) is 1. The Hall–Kier alpha value is -3.74. The number of nitrogens with zero attached hydrogens (tertiary/aromatic N) is 2. The Balaban J connectivity index is 1.66. The molecule has 0 atom stereocenters. The largest absolute Gasteiger partial charge is 0.454 e. The lowest BCUT2D eigenvalue weighted by Gasteiger charge is -2.07. The van der Waals surface area contributed by atoms with Crippen molar-refractivity contribution in [3.05, 3.63) is 77.1 Å². The van der Waals surface area contributed by atoms with E-state index in [0.717, 1.165) is 5.69 Å². The molecule has 0 aliphatic carbocycles. The standard InChI is InChI=1S/C23H23N3O4/c1-4-21(28)24-18-12-10-17(11-13-18)20(27)14-30-23(29)22-15(2)25-26(16(22)3)19-8-6-5-7-9-19/h5-13H,4,14H2,1-3H3,(H,24,28). The molecular formula is C23H23N3O4. The van der Waals surface area contributed by atoms with Crippen LogP contribution in [-0.4, -0.2) is 34.0 Å². The van der Waals surface area contributed by atoms with E-state index in [1.54, 1.807) is 49.7 Å². The molecule has 1 amide bonds. The van der Waals surface area contributed by atoms with Gasteiger partial charge in [-0.1, -0.05) is 25.1 Å². The number of hydrogen-bond acceptors (Lipinski definition) is 5. The van der Waals surface area contributed by atoms with Crippen molar-refractivity contribution in [1.29, 1.82) is 0 Å². The molecule has 7 nitrogen and oxygen atoms in total. The van der Waals surface area contributed by atoms with Crippen molar-refractivity contribution in [2.45, 2.75) is 27.2 Å². The first-order valence-corrected chi connectivity index (χ1v) is 9.62. The highest BCUT2D eigenvalue weighted by Gasteiger charge is 2.21. The fourth-order valence-corrected chi connectivity index (χ4v) is 3.03. The molecule has 0 unspecified atom stereocenters. The van der Waals surface area contributed by atoms with Crippen molar-refractivity contribution >= 4 is 23.3 Å². The number of benzene rings is 2. The zero-order chi connectivity index (χ0) is 21.7. The molecule has 7 heteroatoms. The van der Waals surface area contributed by atoms with Gasteiger partial charge in [0.2, 0.25) is 5.91 Å². The van der Waals surface area contributed by atoms with Crippen LogP contribution >= 0.6 is 0 Å². The number of esters is 1. The van der Waals surface area contributed by atoms with Crippen LogP contribution in [0, 0.1) is 13.8 Å². The van der Waals surface area contributed by atoms with Gasteiger partial charge in [-0.05, 0) is 50.2 Å². The van der Waals surface area contributed by atoms with E-state index in [2.05, 4.69) is 10.4 Å². The zero-order valence-electron chi connectivity index (χ0n) is 17.1. The summed E-state index contributed by atoms with van der Waals surface area (Å²) in [5.41, 5.74) is 3.37. The van der Waals surface area contributed by atoms with E-state index in [-0.39, 0.29) is 18.3 Å². The summed E-state index contributed by atoms with van der Waals surface area (Å²) < 4.78 is 6.93. The van der Waals surface area contributed by atoms with Gasteiger partial charge >= 0.3 is 5.97 Å². The highest BCUT2D eigenvalue weighted by atomic mass is 16.5. The monoisotopic (exact) mass is 405 g/mol. The van der Waals surface area contributed by atoms with E-state index in [1.165, 1.54) is 0 Å². The molecule has 0 saturated carbocycles. The predicted molar refractivity (Wildman–Crippen MR) is 113 cm³/mol. The number of para-hydroxylation sites is 1. The van der Waals surface area contributed by atoms with Gasteiger partial charge in [0.15, 0.2) is 12.4 Å². The lowest BCUT2D eigenvalue weighted by molar-refractivity contribution is -0.115. The smallest absolute Gasteiger partial charge is 0.342 e. The van der Waals surface area contributed by atoms with Crippen LogP contribution in [0.2, 0.25) is 0 Å². The molecule has 1 aromatic heterocycles. The Morgan fingerprint density at radius 1 is 1.00 bits per heavy atom. The number of amides is 1. The Morgan fingerprint density at radius 2 is 1.67 bits per heavy atom. The second-order valence-corrected chi connectivity index (χ2v) is 6.77. The molecule has 0 aliphatic rings. The molecule has 1 heterocycles. The molecule has 0 saturated heterocycles. The summed E-state index contributed by atoms with van der Waals surface area (Å²) >= 11 is 0. The van der Waals surface area contributed by atoms with Crippen molar-refractivity contribution in [2.75, 3.05) is 11.9 Å². The van der Waals surface area contributed by atoms with E-state index in [0.29, 0.717) is 34.6 Å². The first kappa shape index (κ1) is 21.0. The summed E-state index contributed by atoms with van der Waals surface area (Å²) in [5.74, 6) is -1.03. The summed E-state index contributed by atoms with van der Waals surface area (Å²) in [6.45, 7) is 4.90. The first-order chi connectivity index (χ1) is 14.4. The van der Waals surface area contributed by atoms with Crippen LogP contribution in [-0.2, 0) is 9.53 Å². The maximum Gasteiger partial charge on any atom is 0.342 e. The number of carbonyl (C=O) groups is 3. The quantitative estimate of drug-likeness (QED) is 0.476. The minimum absolute atomic E-state index is 0.107. The maximum absolute atomic E-state index is 12.6. The van der Waals surface area contributed by atoms with Crippen LogP contribution in [0.3, 0.4) is 0 Å². The van der Waals surface area contributed by atoms with Crippen molar-refractivity contribution in [3.63, 3.8) is 0 Å². The van der Waals surface area contributed by atoms with Crippen LogP contribution in [0.1, 0.15) is 45.4 Å². The second kappa shape index (κ2) is 9.17. The van der Waals surface area contributed by atoms with Gasteiger partial charge in [-0.15, -0.1) is 0 Å². The van der Waals surface area contributed by atoms with Crippen molar-refractivity contribution < 1.29 is 19.1 Å². The summed E-state index contributed by atoms with van der Waals surface area (Å²) in [4.78, 5) is 36.4. The van der Waals surface area contributed by atoms with Crippen molar-refractivity contribution in [3.8, 4) is 5.69 Å². The van der Waals surface area contributed by atoms with Gasteiger partial charge < -0.3 is 10.1 Å². The summed E-state index contributed by atoms with van der Waals surface area (Å²) in [6, 6.07) is 15.9. The van der Waals surface area contributed by atoms with Crippen LogP contribution in [0.4, 0.5) is 5.69 Å². The molecule has 0 fully saturated rings. The Morgan fingerprint density at radius 3 is 2.30 bits per heavy atom. The molecule has 3 rings (SSSR count). The average molecular weight is 405 g/mol. The summed E-state index contributed by atoms with van der Waals surface area (Å²) in [6.07, 6.45) is 0.371. The highest BCUT2D eigenvalue weighted by molar-refractivity contribution is 6.00. The number of hydrogen-bond donors (Lipinski definition) is 1. The molecular weight excluding hydrogens is 382 g/mol. The summed E-state index contributed by atoms with van der Waals surface area (Å²) in [7, 11) is 0. The fourth-order valence-electron chi connectivity index (χ4n) is 3.03. The lowest BCUT2D eigenvalue weighted by atomic mass is 10.1. The topological polar surface area (TPSA) is 90.3 Å². The number of anilines is 1. The van der Waals surface area contributed by atoms with Gasteiger partial charge in [-0.25, -0.2) is 9.48 Å². The van der Waals surface area contributed by atoms with E-state index >= 15 is 0 Å². The molecule has 0 spiro atoms. The molecule has 0 aliphatic heterocycles. The number of aryl methyl sites for hydroxylation is 1. The molecule has 3 aromatic rings. The second-order valence-electron chi connectivity index (χ2n) is 6.77. The third-order valence-corrected chi connectivity index (χ3v) is 4.64. The molecule has 154 valence electrons. The van der Waals surface area contributed by atoms with Gasteiger partial charge in [-0.2, -0.15) is 5.10 Å². The van der Waals surface area contributed by atoms with Gasteiger partial charge in [0.05, 0.1) is 17.1 Å². The van der Waals surface area contributed by atoms with Crippen molar-refractivity contribution in [2.24, 2.45) is 0 Å². The van der Waals surface area contributed by atoms with Crippen molar-refractivity contribution in [1.82, 2.24) is 9.78 Å². The molecule has 2 aromatic carbocycles. The fraction of sp³-hybridized carbons (Fsp3) is 0.217. The van der Waals surface area contributed by atoms with E-state index in [9.17, 15) is 14.4 Å². The number of carbonyl (C=O) groups excluding carboxylic acids is 3. The number of ketones is 1. The first-order valence-electron chi connectivity index (χ1n) is 9.62. The third kappa shape index (κ3) is 4.63. The Bertz CT molecular complexity index is 1070. The lowest BCUT2D eigenvalue weighted by Crippen LogP contribution is -2.16. The molecule has 0 radical (unpaired) electrons. The number of nitrogens with one attached hydrogen (secondary N) is 1. The van der Waals surface area contributed by atoms with Crippen LogP contribution < -0.4 is 5.32 Å². The van der Waals surface area contributed by atoms with Gasteiger partial charge in [0.25, 0.3) is 0 Å². The summed E-state index contributed by atoms with van der Waals surface area (Å²) in [5, 5.41) is 7.14. The molecule has 1 N–H and O–H groups in total. The Labute approximate surface area is 174 Å². The number of ether oxygens (including phenoxy) is 1. The van der Waals surface area contributed by atoms with E-state index in [4.69, 9.17) is 4.74 Å². The SMILES string of the molecule is CCC(=O)Nc1ccc(C(=O)COC(=O)c2c(C)nn(-c3ccccc3)c2C)cc1. The average Bonchev–Trinajstić information content (AvgIpc) is 3.06. The van der Waals surface area contributed by atoms with Gasteiger partial charge in [0.1, 0.15) is 5.56 Å². The minimum Gasteiger partial charge on any atom is -0.454 e. The maximum atomic E-state index is 12.6. The zero-order valence-corrected chi connectivity index (χ0v) is 17.1. The van der Waals surface area contributed by atoms with Crippen LogP contribution in [0.25, 0.3) is 5.69 Å². The number of aromatic nitrogens is 2. The van der Waals surface area contributed by atoms with Crippen LogP contribution in [0.15, 0.2) is 54.6 Å². The third-order valence-electron chi connectivity index (χ3n) is 4.64. The van der Waals surface area contributed by atoms with E-state index < -0.39 is 5.97 Å². The normalized spacial score (nSPS) is 10.5. The van der Waals surface area contributed by atoms with Gasteiger partial charge in [0, 0.05) is 17.7 Å². The predicted octanol–water partition coefficient (Wildman–Crippen LogP) is 3.88. The van der Waals surface area contributed by atoms with E-state index in [1.807, 2.05) is 30.3 Å². The minimum atomic E-state index is -0.590. The van der Waals surface area contributed by atoms with Gasteiger partial charge in [-0.3, -0.25) is 9.59 Å². The highest BCUT2D eigenvalue weighted by Crippen LogP contribution is 2.19.